The van der Waals surface area contributed by atoms with Crippen LogP contribution in [-0.4, -0.2) is 75.5 Å². The number of nitrogens with zero attached hydrogens (tertiary/aromatic N) is 1. The molecular weight excluding hydrogens is 606 g/mol. The molecule has 0 heterocycles. The SMILES string of the molecule is CC/C=C/C/C=C/C/C=C/CCCC(=O)OC(COCCC(C(=O)[O-])[N+](C)(C)C)COC(=O)CCCCCCCCCCCCCCC. The van der Waals surface area contributed by atoms with Gasteiger partial charge in [-0.1, -0.05) is 127 Å². The number of carbonyl (C=O) groups excluding carboxylic acids is 3. The van der Waals surface area contributed by atoms with Gasteiger partial charge in [-0.25, -0.2) is 0 Å². The highest BCUT2D eigenvalue weighted by molar-refractivity contribution is 5.70. The van der Waals surface area contributed by atoms with Crippen molar-refractivity contribution in [3.63, 3.8) is 0 Å². The molecule has 0 rings (SSSR count). The van der Waals surface area contributed by atoms with Gasteiger partial charge >= 0.3 is 11.9 Å². The molecule has 0 bridgehead atoms. The van der Waals surface area contributed by atoms with Crippen LogP contribution < -0.4 is 5.11 Å². The molecule has 0 aromatic heterocycles. The van der Waals surface area contributed by atoms with E-state index in [2.05, 4.69) is 50.3 Å². The lowest BCUT2D eigenvalue weighted by molar-refractivity contribution is -0.889. The quantitative estimate of drug-likeness (QED) is 0.0299. The number of carboxylic acids is 1. The largest absolute Gasteiger partial charge is 0.544 e. The number of rotatable bonds is 33. The van der Waals surface area contributed by atoms with E-state index in [-0.39, 0.29) is 49.1 Å². The highest BCUT2D eigenvalue weighted by atomic mass is 16.6. The Morgan fingerprint density at radius 2 is 1.17 bits per heavy atom. The lowest BCUT2D eigenvalue weighted by Gasteiger charge is -2.34. The number of aliphatic carboxylic acids is 1. The maximum absolute atomic E-state index is 12.6. The van der Waals surface area contributed by atoms with Gasteiger partial charge < -0.3 is 28.6 Å². The zero-order valence-corrected chi connectivity index (χ0v) is 31.4. The Bertz CT molecular complexity index is 891. The summed E-state index contributed by atoms with van der Waals surface area (Å²) in [5, 5.41) is 11.6. The van der Waals surface area contributed by atoms with E-state index in [1.54, 1.807) is 21.1 Å². The maximum Gasteiger partial charge on any atom is 0.306 e. The van der Waals surface area contributed by atoms with Crippen molar-refractivity contribution in [2.75, 3.05) is 41.0 Å². The molecule has 0 aliphatic carbocycles. The summed E-state index contributed by atoms with van der Waals surface area (Å²) < 4.78 is 17.0. The van der Waals surface area contributed by atoms with E-state index in [9.17, 15) is 19.5 Å². The predicted molar refractivity (Wildman–Crippen MR) is 194 cm³/mol. The van der Waals surface area contributed by atoms with E-state index < -0.39 is 18.1 Å². The third-order valence-electron chi connectivity index (χ3n) is 8.29. The second-order valence-electron chi connectivity index (χ2n) is 13.8. The van der Waals surface area contributed by atoms with Crippen molar-refractivity contribution in [2.24, 2.45) is 0 Å². The van der Waals surface area contributed by atoms with Gasteiger partial charge in [0.25, 0.3) is 0 Å². The van der Waals surface area contributed by atoms with Gasteiger partial charge in [0.15, 0.2) is 6.10 Å². The molecule has 0 saturated heterocycles. The lowest BCUT2D eigenvalue weighted by Crippen LogP contribution is -2.55. The summed E-state index contributed by atoms with van der Waals surface area (Å²) in [6, 6.07) is -0.731. The fraction of sp³-hybridized carbons (Fsp3) is 0.775. The summed E-state index contributed by atoms with van der Waals surface area (Å²) in [5.74, 6) is -1.81. The van der Waals surface area contributed by atoms with Crippen molar-refractivity contribution in [1.29, 1.82) is 0 Å². The minimum atomic E-state index is -1.13. The Labute approximate surface area is 293 Å². The zero-order valence-electron chi connectivity index (χ0n) is 31.4. The number of ether oxygens (including phenoxy) is 3. The highest BCUT2D eigenvalue weighted by Crippen LogP contribution is 2.14. The molecule has 48 heavy (non-hydrogen) atoms. The maximum atomic E-state index is 12.6. The molecule has 0 aromatic carbocycles. The average Bonchev–Trinajstić information content (AvgIpc) is 3.03. The number of hydrogen-bond donors (Lipinski definition) is 0. The Morgan fingerprint density at radius 1 is 0.646 bits per heavy atom. The van der Waals surface area contributed by atoms with Crippen molar-refractivity contribution in [1.82, 2.24) is 0 Å². The minimum absolute atomic E-state index is 0.0222. The topological polar surface area (TPSA) is 102 Å². The number of unbranched alkanes of at least 4 members (excludes halogenated alkanes) is 13. The number of hydrogen-bond acceptors (Lipinski definition) is 7. The molecule has 0 aliphatic rings. The van der Waals surface area contributed by atoms with E-state index in [0.717, 1.165) is 44.9 Å². The molecule has 0 aromatic rings. The van der Waals surface area contributed by atoms with Gasteiger partial charge in [-0.3, -0.25) is 9.59 Å². The second kappa shape index (κ2) is 31.8. The predicted octanol–water partition coefficient (Wildman–Crippen LogP) is 8.18. The Hall–Kier alpha value is -2.45. The molecule has 0 saturated carbocycles. The molecule has 8 nitrogen and oxygen atoms in total. The van der Waals surface area contributed by atoms with Crippen molar-refractivity contribution >= 4 is 17.9 Å². The molecular formula is C40H71NO7. The van der Waals surface area contributed by atoms with Crippen molar-refractivity contribution in [3.8, 4) is 0 Å². The molecule has 278 valence electrons. The first-order chi connectivity index (χ1) is 23.1. The molecule has 2 unspecified atom stereocenters. The third-order valence-corrected chi connectivity index (χ3v) is 8.29. The van der Waals surface area contributed by atoms with Crippen LogP contribution in [0.3, 0.4) is 0 Å². The summed E-state index contributed by atoms with van der Waals surface area (Å²) in [6.45, 7) is 4.47. The van der Waals surface area contributed by atoms with E-state index >= 15 is 0 Å². The second-order valence-corrected chi connectivity index (χ2v) is 13.8. The highest BCUT2D eigenvalue weighted by Gasteiger charge is 2.25. The van der Waals surface area contributed by atoms with Crippen LogP contribution in [0.15, 0.2) is 36.5 Å². The first-order valence-corrected chi connectivity index (χ1v) is 19.0. The van der Waals surface area contributed by atoms with Crippen molar-refractivity contribution in [2.45, 2.75) is 161 Å². The summed E-state index contributed by atoms with van der Waals surface area (Å²) in [7, 11) is 5.37. The third kappa shape index (κ3) is 29.7. The fourth-order valence-electron chi connectivity index (χ4n) is 5.33. The minimum Gasteiger partial charge on any atom is -0.544 e. The van der Waals surface area contributed by atoms with Gasteiger partial charge in [0.05, 0.1) is 40.3 Å². The lowest BCUT2D eigenvalue weighted by atomic mass is 10.0. The smallest absolute Gasteiger partial charge is 0.306 e. The van der Waals surface area contributed by atoms with Gasteiger partial charge in [-0.2, -0.15) is 0 Å². The molecule has 0 aliphatic heterocycles. The van der Waals surface area contributed by atoms with Crippen LogP contribution in [0.25, 0.3) is 0 Å². The van der Waals surface area contributed by atoms with Crippen LogP contribution in [0.2, 0.25) is 0 Å². The molecule has 8 heteroatoms. The van der Waals surface area contributed by atoms with Crippen LogP contribution in [0, 0.1) is 0 Å². The number of carbonyl (C=O) groups is 3. The first-order valence-electron chi connectivity index (χ1n) is 19.0. The van der Waals surface area contributed by atoms with E-state index in [4.69, 9.17) is 14.2 Å². The standard InChI is InChI=1S/C40H71NO7/c1-6-8-10-12-14-16-18-19-21-22-24-26-28-30-38(42)47-35-36(34-46-33-32-37(40(44)45)41(3,4)5)48-39(43)31-29-27-25-23-20-17-15-13-11-9-7-2/h9,11,15,17,23,25,36-37H,6-8,10,12-14,16,18-22,24,26-35H2,1-5H3/b11-9+,17-15+,25-23+. The first kappa shape index (κ1) is 45.6. The summed E-state index contributed by atoms with van der Waals surface area (Å²) in [4.78, 5) is 36.6. The van der Waals surface area contributed by atoms with Gasteiger partial charge in [0.2, 0.25) is 0 Å². The van der Waals surface area contributed by atoms with E-state index in [0.29, 0.717) is 12.8 Å². The molecule has 0 spiro atoms. The number of esters is 2. The van der Waals surface area contributed by atoms with Gasteiger partial charge in [-0.05, 0) is 38.5 Å². The normalized spacial score (nSPS) is 13.4. The molecule has 0 N–H and O–H groups in total. The summed E-state index contributed by atoms with van der Waals surface area (Å²) in [6.07, 6.45) is 33.2. The van der Waals surface area contributed by atoms with Crippen LogP contribution in [0.5, 0.6) is 0 Å². The molecule has 2 atom stereocenters. The average molecular weight is 678 g/mol. The van der Waals surface area contributed by atoms with Crippen LogP contribution in [0.4, 0.5) is 0 Å². The number of likely N-dealkylation sites (N-methyl/N-ethyl adjacent to an activating group) is 1. The van der Waals surface area contributed by atoms with Gasteiger partial charge in [-0.15, -0.1) is 0 Å². The Morgan fingerprint density at radius 3 is 1.71 bits per heavy atom. The zero-order chi connectivity index (χ0) is 35.7. The van der Waals surface area contributed by atoms with Crippen molar-refractivity contribution < 1.29 is 38.2 Å². The molecule has 0 fully saturated rings. The monoisotopic (exact) mass is 678 g/mol. The van der Waals surface area contributed by atoms with Crippen molar-refractivity contribution in [3.05, 3.63) is 36.5 Å². The van der Waals surface area contributed by atoms with E-state index in [1.165, 1.54) is 64.2 Å². The van der Waals surface area contributed by atoms with Crippen LogP contribution in [-0.2, 0) is 28.6 Å². The molecule has 0 amide bonds. The Balaban J connectivity index is 4.47. The summed E-state index contributed by atoms with van der Waals surface area (Å²) >= 11 is 0. The van der Waals surface area contributed by atoms with Gasteiger partial charge in [0.1, 0.15) is 12.6 Å². The van der Waals surface area contributed by atoms with E-state index in [1.807, 2.05) is 0 Å². The number of carboxylic acid groups (broad SMARTS) is 1. The fourth-order valence-corrected chi connectivity index (χ4v) is 5.33. The van der Waals surface area contributed by atoms with Crippen LogP contribution in [0.1, 0.15) is 149 Å². The summed E-state index contributed by atoms with van der Waals surface area (Å²) in [5.41, 5.74) is 0. The Kier molecular flexibility index (Phi) is 30.2. The molecule has 0 radical (unpaired) electrons. The van der Waals surface area contributed by atoms with Crippen LogP contribution >= 0.6 is 0 Å². The number of quaternary nitrogens is 1. The van der Waals surface area contributed by atoms with Gasteiger partial charge in [0, 0.05) is 19.3 Å². The number of allylic oxidation sites excluding steroid dienone is 6.